The minimum Gasteiger partial charge on any atom is -0.495 e. The van der Waals surface area contributed by atoms with Gasteiger partial charge in [0.1, 0.15) is 16.5 Å². The molecule has 1 unspecified atom stereocenters. The highest BCUT2D eigenvalue weighted by Gasteiger charge is 2.29. The Morgan fingerprint density at radius 1 is 0.970 bits per heavy atom. The zero-order valence-electron chi connectivity index (χ0n) is 18.9. The number of ketones is 1. The Bertz CT molecular complexity index is 1010. The van der Waals surface area contributed by atoms with Crippen molar-refractivity contribution in [2.75, 3.05) is 31.9 Å². The van der Waals surface area contributed by atoms with Crippen LogP contribution in [0.4, 0.5) is 11.4 Å². The third kappa shape index (κ3) is 6.49. The maximum atomic E-state index is 13.0. The van der Waals surface area contributed by atoms with E-state index in [4.69, 9.17) is 42.3 Å². The standard InChI is InChI=1S/C22H25Cl2N3O6/c1-6-32-16-9-8-15(12-17(16)33-7-2)27(24)22(29)21(13(3)28)26-25-14-10-18(30-4)20(23)19(11-14)31-5/h8-12,21H,6-7H2,1-5H3. The van der Waals surface area contributed by atoms with Gasteiger partial charge < -0.3 is 18.9 Å². The fraction of sp³-hybridized carbons (Fsp3) is 0.364. The van der Waals surface area contributed by atoms with Crippen molar-refractivity contribution in [1.29, 1.82) is 0 Å². The third-order valence-corrected chi connectivity index (χ3v) is 5.02. The summed E-state index contributed by atoms with van der Waals surface area (Å²) < 4.78 is 22.2. The third-order valence-electron chi connectivity index (χ3n) is 4.29. The first-order valence-corrected chi connectivity index (χ1v) is 10.7. The van der Waals surface area contributed by atoms with Crippen LogP contribution in [0.5, 0.6) is 23.0 Å². The van der Waals surface area contributed by atoms with Crippen LogP contribution in [-0.4, -0.2) is 45.2 Å². The van der Waals surface area contributed by atoms with Gasteiger partial charge in [0, 0.05) is 30.0 Å². The number of amides is 1. The average Bonchev–Trinajstić information content (AvgIpc) is 2.80. The number of nitrogens with zero attached hydrogens (tertiary/aromatic N) is 3. The molecule has 0 aliphatic rings. The summed E-state index contributed by atoms with van der Waals surface area (Å²) in [4.78, 5) is 25.1. The van der Waals surface area contributed by atoms with Crippen molar-refractivity contribution >= 4 is 46.4 Å². The van der Waals surface area contributed by atoms with Gasteiger partial charge in [-0.25, -0.2) is 4.42 Å². The number of halogens is 2. The second kappa shape index (κ2) is 12.3. The lowest BCUT2D eigenvalue weighted by atomic mass is 10.2. The number of anilines is 1. The zero-order chi connectivity index (χ0) is 24.5. The number of Topliss-reactive ketones (excluding diaryl/α,β-unsaturated/α-hetero) is 1. The summed E-state index contributed by atoms with van der Waals surface area (Å²) in [6.45, 7) is 5.71. The molecule has 0 radical (unpaired) electrons. The normalized spacial score (nSPS) is 11.7. The van der Waals surface area contributed by atoms with Crippen LogP contribution in [0.1, 0.15) is 20.8 Å². The van der Waals surface area contributed by atoms with Crippen molar-refractivity contribution in [3.63, 3.8) is 0 Å². The van der Waals surface area contributed by atoms with Gasteiger partial charge in [-0.1, -0.05) is 11.6 Å². The van der Waals surface area contributed by atoms with Gasteiger partial charge in [0.15, 0.2) is 17.3 Å². The van der Waals surface area contributed by atoms with Crippen LogP contribution in [0.2, 0.25) is 5.02 Å². The number of benzene rings is 2. The molecule has 0 saturated heterocycles. The number of hydrogen-bond donors (Lipinski definition) is 0. The number of rotatable bonds is 11. The fourth-order valence-electron chi connectivity index (χ4n) is 2.74. The topological polar surface area (TPSA) is 99.0 Å². The van der Waals surface area contributed by atoms with E-state index in [0.717, 1.165) is 4.42 Å². The Hall–Kier alpha value is -3.04. The predicted molar refractivity (Wildman–Crippen MR) is 126 cm³/mol. The molecule has 0 aliphatic carbocycles. The summed E-state index contributed by atoms with van der Waals surface area (Å²) in [7, 11) is 2.87. The molecule has 33 heavy (non-hydrogen) atoms. The van der Waals surface area contributed by atoms with Crippen LogP contribution < -0.4 is 23.4 Å². The summed E-state index contributed by atoms with van der Waals surface area (Å²) in [5, 5.41) is 8.17. The number of hydrogen-bond acceptors (Lipinski definition) is 8. The molecule has 178 valence electrons. The molecule has 11 heteroatoms. The largest absolute Gasteiger partial charge is 0.495 e. The van der Waals surface area contributed by atoms with E-state index in [1.54, 1.807) is 18.2 Å². The maximum Gasteiger partial charge on any atom is 0.276 e. The lowest BCUT2D eigenvalue weighted by Crippen LogP contribution is -2.36. The minimum atomic E-state index is -1.47. The molecule has 2 aromatic carbocycles. The molecule has 0 saturated carbocycles. The van der Waals surface area contributed by atoms with E-state index in [1.165, 1.54) is 33.3 Å². The number of carbonyl (C=O) groups is 2. The van der Waals surface area contributed by atoms with E-state index in [2.05, 4.69) is 10.2 Å². The van der Waals surface area contributed by atoms with Crippen molar-refractivity contribution in [2.45, 2.75) is 26.8 Å². The molecule has 0 N–H and O–H groups in total. The van der Waals surface area contributed by atoms with Crippen molar-refractivity contribution in [1.82, 2.24) is 0 Å². The Kier molecular flexibility index (Phi) is 9.74. The number of azo groups is 1. The van der Waals surface area contributed by atoms with Gasteiger partial charge in [-0.2, -0.15) is 10.2 Å². The molecule has 0 aliphatic heterocycles. The molecule has 0 aromatic heterocycles. The second-order valence-corrected chi connectivity index (χ2v) is 7.23. The van der Waals surface area contributed by atoms with Crippen LogP contribution >= 0.6 is 23.4 Å². The molecule has 0 fully saturated rings. The first kappa shape index (κ1) is 26.2. The van der Waals surface area contributed by atoms with Crippen molar-refractivity contribution in [3.05, 3.63) is 35.4 Å². The molecule has 0 heterocycles. The Morgan fingerprint density at radius 2 is 1.55 bits per heavy atom. The Morgan fingerprint density at radius 3 is 2.06 bits per heavy atom. The summed E-state index contributed by atoms with van der Waals surface area (Å²) >= 11 is 12.4. The molecule has 0 bridgehead atoms. The molecule has 0 spiro atoms. The maximum absolute atomic E-state index is 13.0. The number of carbonyl (C=O) groups excluding carboxylic acids is 2. The van der Waals surface area contributed by atoms with Crippen LogP contribution in [0.15, 0.2) is 40.6 Å². The summed E-state index contributed by atoms with van der Waals surface area (Å²) in [6.07, 6.45) is 0. The molecule has 1 atom stereocenters. The van der Waals surface area contributed by atoms with Gasteiger partial charge in [-0.3, -0.25) is 9.59 Å². The van der Waals surface area contributed by atoms with E-state index in [9.17, 15) is 9.59 Å². The highest BCUT2D eigenvalue weighted by molar-refractivity contribution is 6.39. The van der Waals surface area contributed by atoms with Gasteiger partial charge >= 0.3 is 0 Å². The first-order valence-electron chi connectivity index (χ1n) is 9.99. The summed E-state index contributed by atoms with van der Waals surface area (Å²) in [5.41, 5.74) is 0.554. The Labute approximate surface area is 202 Å². The first-order chi connectivity index (χ1) is 15.8. The molecule has 2 rings (SSSR count). The molecular formula is C22H25Cl2N3O6. The monoisotopic (exact) mass is 497 g/mol. The zero-order valence-corrected chi connectivity index (χ0v) is 20.4. The Balaban J connectivity index is 2.34. The van der Waals surface area contributed by atoms with Gasteiger partial charge in [0.05, 0.1) is 38.8 Å². The van der Waals surface area contributed by atoms with Crippen molar-refractivity contribution in [2.24, 2.45) is 10.2 Å². The summed E-state index contributed by atoms with van der Waals surface area (Å²) in [5.74, 6) is 0.191. The molecule has 1 amide bonds. The van der Waals surface area contributed by atoms with Crippen molar-refractivity contribution < 1.29 is 28.5 Å². The van der Waals surface area contributed by atoms with E-state index >= 15 is 0 Å². The average molecular weight is 498 g/mol. The SMILES string of the molecule is CCOc1ccc(N(Cl)C(=O)C(N=Nc2cc(OC)c(Cl)c(OC)c2)C(C)=O)cc1OCC. The molecular weight excluding hydrogens is 473 g/mol. The van der Waals surface area contributed by atoms with Crippen LogP contribution in [0.25, 0.3) is 0 Å². The van der Waals surface area contributed by atoms with E-state index in [-0.39, 0.29) is 16.4 Å². The molecule has 2 aromatic rings. The fourth-order valence-corrected chi connectivity index (χ4v) is 3.20. The smallest absolute Gasteiger partial charge is 0.276 e. The van der Waals surface area contributed by atoms with E-state index < -0.39 is 17.7 Å². The van der Waals surface area contributed by atoms with Gasteiger partial charge in [0.2, 0.25) is 6.04 Å². The van der Waals surface area contributed by atoms with Crippen LogP contribution in [0.3, 0.4) is 0 Å². The second-order valence-electron chi connectivity index (χ2n) is 6.51. The van der Waals surface area contributed by atoms with E-state index in [1.807, 2.05) is 13.8 Å². The van der Waals surface area contributed by atoms with Gasteiger partial charge in [0.25, 0.3) is 5.91 Å². The predicted octanol–water partition coefficient (Wildman–Crippen LogP) is 5.38. The van der Waals surface area contributed by atoms with E-state index in [0.29, 0.717) is 36.2 Å². The highest BCUT2D eigenvalue weighted by Crippen LogP contribution is 2.38. The quantitative estimate of drug-likeness (QED) is 0.234. The lowest BCUT2D eigenvalue weighted by molar-refractivity contribution is -0.126. The lowest BCUT2D eigenvalue weighted by Gasteiger charge is -2.19. The van der Waals surface area contributed by atoms with Crippen molar-refractivity contribution in [3.8, 4) is 23.0 Å². The van der Waals surface area contributed by atoms with Gasteiger partial charge in [-0.05, 0) is 32.9 Å². The van der Waals surface area contributed by atoms with Crippen LogP contribution in [0, 0.1) is 0 Å². The highest BCUT2D eigenvalue weighted by atomic mass is 35.5. The summed E-state index contributed by atoms with van der Waals surface area (Å²) in [6, 6.07) is 6.26. The minimum absolute atomic E-state index is 0.255. The number of ether oxygens (including phenoxy) is 4. The van der Waals surface area contributed by atoms with Crippen LogP contribution in [-0.2, 0) is 9.59 Å². The number of methoxy groups -OCH3 is 2. The van der Waals surface area contributed by atoms with Gasteiger partial charge in [-0.15, -0.1) is 0 Å². The molecule has 9 nitrogen and oxygen atoms in total.